The number of carbonyl (C=O) groups excluding carboxylic acids is 1. The highest BCUT2D eigenvalue weighted by Crippen LogP contribution is 2.31. The number of carbonyl (C=O) groups is 1. The van der Waals surface area contributed by atoms with Crippen LogP contribution in [0.25, 0.3) is 16.9 Å². The van der Waals surface area contributed by atoms with Crippen LogP contribution in [-0.4, -0.2) is 68.2 Å². The number of ether oxygens (including phenoxy) is 1. The molecule has 2 heterocycles. The van der Waals surface area contributed by atoms with E-state index in [1.54, 1.807) is 35.2 Å². The maximum absolute atomic E-state index is 14.2. The van der Waals surface area contributed by atoms with Crippen LogP contribution in [0.1, 0.15) is 16.9 Å². The zero-order valence-electron chi connectivity index (χ0n) is 22.8. The molecule has 5 rings (SSSR count). The van der Waals surface area contributed by atoms with Gasteiger partial charge in [-0.2, -0.15) is 0 Å². The molecule has 0 bridgehead atoms. The minimum Gasteiger partial charge on any atom is -0.495 e. The number of methoxy groups -OCH3 is 1. The van der Waals surface area contributed by atoms with E-state index < -0.39 is 15.7 Å². The monoisotopic (exact) mass is 575 g/mol. The van der Waals surface area contributed by atoms with E-state index in [-0.39, 0.29) is 36.0 Å². The number of imidazole rings is 1. The molecular formula is C30H33N5O5S. The summed E-state index contributed by atoms with van der Waals surface area (Å²) in [5.74, 6) is 0.238. The second kappa shape index (κ2) is 12.5. The Kier molecular flexibility index (Phi) is 8.67. The van der Waals surface area contributed by atoms with Gasteiger partial charge in [-0.3, -0.25) is 13.9 Å². The van der Waals surface area contributed by atoms with Gasteiger partial charge >= 0.3 is 5.69 Å². The molecule has 214 valence electrons. The number of sulfonamides is 1. The van der Waals surface area contributed by atoms with Crippen LogP contribution >= 0.6 is 0 Å². The van der Waals surface area contributed by atoms with Crippen LogP contribution in [0.5, 0.6) is 5.75 Å². The highest BCUT2D eigenvalue weighted by Gasteiger charge is 2.31. The van der Waals surface area contributed by atoms with Gasteiger partial charge in [0.25, 0.3) is 5.91 Å². The second-order valence-electron chi connectivity index (χ2n) is 9.61. The highest BCUT2D eigenvalue weighted by atomic mass is 32.2. The number of aromatic nitrogens is 2. The number of piperazine rings is 1. The molecule has 1 fully saturated rings. The normalized spacial score (nSPS) is 13.7. The zero-order chi connectivity index (χ0) is 28.8. The summed E-state index contributed by atoms with van der Waals surface area (Å²) in [7, 11) is -2.17. The molecule has 1 aliphatic heterocycles. The van der Waals surface area contributed by atoms with Crippen molar-refractivity contribution < 1.29 is 17.9 Å². The molecule has 1 amide bonds. The number of para-hydroxylation sites is 2. The van der Waals surface area contributed by atoms with E-state index in [4.69, 9.17) is 4.74 Å². The van der Waals surface area contributed by atoms with Crippen LogP contribution in [0, 0.1) is 0 Å². The van der Waals surface area contributed by atoms with Gasteiger partial charge < -0.3 is 15.0 Å². The van der Waals surface area contributed by atoms with Crippen LogP contribution in [0.2, 0.25) is 0 Å². The summed E-state index contributed by atoms with van der Waals surface area (Å²) in [6.45, 7) is 2.56. The van der Waals surface area contributed by atoms with Gasteiger partial charge in [0.05, 0.1) is 23.4 Å². The largest absolute Gasteiger partial charge is 0.495 e. The molecule has 11 heteroatoms. The van der Waals surface area contributed by atoms with E-state index >= 15 is 0 Å². The maximum Gasteiger partial charge on any atom is 0.334 e. The van der Waals surface area contributed by atoms with Crippen molar-refractivity contribution in [2.75, 3.05) is 39.8 Å². The van der Waals surface area contributed by atoms with Gasteiger partial charge in [0.15, 0.2) is 0 Å². The molecule has 1 saturated heterocycles. The predicted molar refractivity (Wildman–Crippen MR) is 157 cm³/mol. The van der Waals surface area contributed by atoms with E-state index in [9.17, 15) is 18.0 Å². The fourth-order valence-corrected chi connectivity index (χ4v) is 6.11. The van der Waals surface area contributed by atoms with Crippen molar-refractivity contribution in [1.29, 1.82) is 0 Å². The van der Waals surface area contributed by atoms with Crippen molar-refractivity contribution in [2.45, 2.75) is 17.9 Å². The summed E-state index contributed by atoms with van der Waals surface area (Å²) in [4.78, 5) is 30.2. The summed E-state index contributed by atoms with van der Waals surface area (Å²) >= 11 is 0. The van der Waals surface area contributed by atoms with Crippen molar-refractivity contribution in [3.63, 3.8) is 0 Å². The van der Waals surface area contributed by atoms with Crippen molar-refractivity contribution in [1.82, 2.24) is 24.1 Å². The molecular weight excluding hydrogens is 542 g/mol. The second-order valence-corrected chi connectivity index (χ2v) is 11.4. The number of benzene rings is 3. The Balaban J connectivity index is 1.59. The van der Waals surface area contributed by atoms with Gasteiger partial charge in [-0.1, -0.05) is 60.7 Å². The Labute approximate surface area is 239 Å². The third kappa shape index (κ3) is 5.97. The fraction of sp³-hybridized carbons (Fsp3) is 0.267. The van der Waals surface area contributed by atoms with Gasteiger partial charge in [-0.05, 0) is 30.7 Å². The number of nitrogens with one attached hydrogen (secondary N) is 2. The molecule has 4 aromatic rings. The third-order valence-corrected chi connectivity index (χ3v) is 8.50. The highest BCUT2D eigenvalue weighted by molar-refractivity contribution is 7.89. The summed E-state index contributed by atoms with van der Waals surface area (Å²) in [6.07, 6.45) is 0.290. The maximum atomic E-state index is 14.2. The molecule has 0 radical (unpaired) electrons. The van der Waals surface area contributed by atoms with Gasteiger partial charge in [-0.25, -0.2) is 17.9 Å². The van der Waals surface area contributed by atoms with Crippen LogP contribution < -0.4 is 20.5 Å². The van der Waals surface area contributed by atoms with E-state index in [1.807, 2.05) is 42.5 Å². The lowest BCUT2D eigenvalue weighted by molar-refractivity contribution is 0.0725. The van der Waals surface area contributed by atoms with E-state index in [0.717, 1.165) is 0 Å². The molecule has 10 nitrogen and oxygen atoms in total. The van der Waals surface area contributed by atoms with Crippen LogP contribution in [0.15, 0.2) is 94.6 Å². The van der Waals surface area contributed by atoms with Crippen molar-refractivity contribution >= 4 is 15.9 Å². The number of hydrogen-bond donors (Lipinski definition) is 2. The first-order valence-electron chi connectivity index (χ1n) is 13.5. The average Bonchev–Trinajstić information content (AvgIpc) is 3.31. The quantitative estimate of drug-likeness (QED) is 0.281. The number of nitrogens with zero attached hydrogens (tertiary/aromatic N) is 3. The molecule has 3 aromatic carbocycles. The molecule has 1 aromatic heterocycles. The lowest BCUT2D eigenvalue weighted by atomic mass is 10.1. The Bertz CT molecular complexity index is 1660. The fourth-order valence-electron chi connectivity index (χ4n) is 5.01. The Morgan fingerprint density at radius 1 is 0.927 bits per heavy atom. The number of amides is 1. The third-order valence-electron chi connectivity index (χ3n) is 7.02. The molecule has 0 aliphatic carbocycles. The molecule has 0 unspecified atom stereocenters. The number of rotatable bonds is 10. The SMILES string of the molecule is COc1ccccc1-n1c(-c2ccccc2)c(C(=O)N2CCNCC2)n(CCCNS(=O)(=O)c2ccccc2)c1=O. The summed E-state index contributed by atoms with van der Waals surface area (Å²) in [5.41, 5.74) is 1.54. The van der Waals surface area contributed by atoms with Gasteiger partial charge in [0.2, 0.25) is 10.0 Å². The summed E-state index contributed by atoms with van der Waals surface area (Å²) in [5, 5.41) is 3.26. The van der Waals surface area contributed by atoms with Crippen LogP contribution in [-0.2, 0) is 16.6 Å². The van der Waals surface area contributed by atoms with Gasteiger partial charge in [0.1, 0.15) is 11.4 Å². The van der Waals surface area contributed by atoms with Crippen molar-refractivity contribution in [3.8, 4) is 22.7 Å². The molecule has 2 N–H and O–H groups in total. The lowest BCUT2D eigenvalue weighted by Crippen LogP contribution is -2.47. The lowest BCUT2D eigenvalue weighted by Gasteiger charge is -2.28. The molecule has 0 saturated carbocycles. The average molecular weight is 576 g/mol. The van der Waals surface area contributed by atoms with Gasteiger partial charge in [0, 0.05) is 44.8 Å². The standard InChI is InChI=1S/C30H33N5O5S/c1-40-26-16-9-8-15-25(26)35-27(23-11-4-2-5-12-23)28(29(36)33-21-18-31-19-22-33)34(30(35)37)20-10-17-32-41(38,39)24-13-6-3-7-14-24/h2-9,11-16,31-32H,10,17-22H2,1H3. The number of hydrogen-bond acceptors (Lipinski definition) is 6. The summed E-state index contributed by atoms with van der Waals surface area (Å²) in [6, 6.07) is 24.6. The minimum atomic E-state index is -3.71. The molecule has 1 aliphatic rings. The van der Waals surface area contributed by atoms with Crippen LogP contribution in [0.3, 0.4) is 0 Å². The predicted octanol–water partition coefficient (Wildman–Crippen LogP) is 2.73. The first-order valence-corrected chi connectivity index (χ1v) is 15.0. The van der Waals surface area contributed by atoms with Crippen molar-refractivity contribution in [2.24, 2.45) is 0 Å². The Morgan fingerprint density at radius 3 is 2.24 bits per heavy atom. The summed E-state index contributed by atoms with van der Waals surface area (Å²) < 4.78 is 36.7. The topological polar surface area (TPSA) is 115 Å². The first kappa shape index (κ1) is 28.3. The Morgan fingerprint density at radius 2 is 1.56 bits per heavy atom. The van der Waals surface area contributed by atoms with Gasteiger partial charge in [-0.15, -0.1) is 0 Å². The van der Waals surface area contributed by atoms with Crippen LogP contribution in [0.4, 0.5) is 0 Å². The zero-order valence-corrected chi connectivity index (χ0v) is 23.6. The first-order chi connectivity index (χ1) is 19.9. The molecule has 0 spiro atoms. The smallest absolute Gasteiger partial charge is 0.334 e. The minimum absolute atomic E-state index is 0.0887. The van der Waals surface area contributed by atoms with E-state index in [0.29, 0.717) is 48.9 Å². The van der Waals surface area contributed by atoms with E-state index in [2.05, 4.69) is 10.0 Å². The Hall–Kier alpha value is -4.19. The van der Waals surface area contributed by atoms with Crippen molar-refractivity contribution in [3.05, 3.63) is 101 Å². The molecule has 0 atom stereocenters. The van der Waals surface area contributed by atoms with E-state index in [1.165, 1.54) is 28.4 Å². The molecule has 41 heavy (non-hydrogen) atoms.